The van der Waals surface area contributed by atoms with Crippen LogP contribution >= 0.6 is 44.4 Å². The molecule has 0 fully saturated rings. The first kappa shape index (κ1) is 19.6. The lowest BCUT2D eigenvalue weighted by atomic mass is 10.1. The Labute approximate surface area is 190 Å². The Kier molecular flexibility index (Phi) is 5.04. The van der Waals surface area contributed by atoms with Crippen molar-refractivity contribution in [2.75, 3.05) is 0 Å². The van der Waals surface area contributed by atoms with Crippen LogP contribution in [0.25, 0.3) is 25.1 Å². The number of carbonyl (C=O) groups excluding carboxylic acids is 1. The van der Waals surface area contributed by atoms with Gasteiger partial charge in [-0.2, -0.15) is 0 Å². The van der Waals surface area contributed by atoms with Gasteiger partial charge in [0.1, 0.15) is 22.3 Å². The summed E-state index contributed by atoms with van der Waals surface area (Å²) in [6.45, 7) is 0. The zero-order valence-electron chi connectivity index (χ0n) is 15.2. The van der Waals surface area contributed by atoms with Crippen molar-refractivity contribution in [3.05, 3.63) is 92.2 Å². The van der Waals surface area contributed by atoms with Crippen molar-refractivity contribution >= 4 is 70.5 Å². The van der Waals surface area contributed by atoms with Crippen molar-refractivity contribution in [1.29, 1.82) is 0 Å². The quantitative estimate of drug-likeness (QED) is 0.0991. The number of benzene rings is 3. The number of thiophene rings is 2. The smallest absolute Gasteiger partial charge is 0.354 e. The molecule has 3 aromatic carbocycles. The van der Waals surface area contributed by atoms with Crippen LogP contribution in [0.1, 0.15) is 9.67 Å². The van der Waals surface area contributed by atoms with Gasteiger partial charge in [-0.3, -0.25) is 0 Å². The van der Waals surface area contributed by atoms with Gasteiger partial charge < -0.3 is 4.74 Å². The molecule has 0 N–H and O–H groups in total. The number of rotatable bonds is 3. The normalized spacial score (nSPS) is 11.3. The average Bonchev–Trinajstić information content (AvgIpc) is 3.29. The Morgan fingerprint density at radius 1 is 0.867 bits per heavy atom. The summed E-state index contributed by atoms with van der Waals surface area (Å²) in [5.74, 6) is -0.624. The van der Waals surface area contributed by atoms with Crippen molar-refractivity contribution in [2.24, 2.45) is 0 Å². The Hall–Kier alpha value is -2.36. The fraction of sp³-hybridized carbons (Fsp3) is 0. The fourth-order valence-corrected chi connectivity index (χ4v) is 7.41. The molecule has 0 radical (unpaired) electrons. The highest BCUT2D eigenvalue weighted by atomic mass is 127. The second-order valence-corrected chi connectivity index (χ2v) is 10.6. The summed E-state index contributed by atoms with van der Waals surface area (Å²) in [5.41, 5.74) is 0. The van der Waals surface area contributed by atoms with E-state index in [0.717, 1.165) is 28.6 Å². The second kappa shape index (κ2) is 7.72. The van der Waals surface area contributed by atoms with Gasteiger partial charge in [0.05, 0.1) is 10.8 Å². The van der Waals surface area contributed by atoms with Crippen LogP contribution in [0, 0.1) is 15.2 Å². The molecule has 0 aliphatic rings. The van der Waals surface area contributed by atoms with Gasteiger partial charge in [-0.25, -0.2) is 13.6 Å². The van der Waals surface area contributed by atoms with Crippen molar-refractivity contribution in [3.63, 3.8) is 0 Å². The van der Waals surface area contributed by atoms with E-state index in [-0.39, 0.29) is 17.6 Å². The lowest BCUT2D eigenvalue weighted by Gasteiger charge is -2.03. The highest BCUT2D eigenvalue weighted by molar-refractivity contribution is 14.1. The first-order valence-corrected chi connectivity index (χ1v) is 12.1. The maximum atomic E-state index is 13.9. The molecule has 2 nitrogen and oxygen atoms in total. The molecule has 2 aromatic heterocycles. The van der Waals surface area contributed by atoms with Crippen LogP contribution in [0.15, 0.2) is 72.1 Å². The van der Waals surface area contributed by atoms with E-state index >= 15 is 0 Å². The zero-order valence-corrected chi connectivity index (χ0v) is 19.0. The number of esters is 1. The second-order valence-electron chi connectivity index (χ2n) is 6.55. The molecule has 0 bridgehead atoms. The molecule has 2 heterocycles. The molecule has 0 amide bonds. The third-order valence-corrected chi connectivity index (χ3v) is 9.18. The van der Waals surface area contributed by atoms with Gasteiger partial charge in [-0.05, 0) is 70.4 Å². The van der Waals surface area contributed by atoms with E-state index in [1.54, 1.807) is 24.3 Å². The minimum Gasteiger partial charge on any atom is -0.422 e. The Morgan fingerprint density at radius 2 is 1.47 bits per heavy atom. The molecule has 5 aromatic rings. The molecule has 0 saturated heterocycles. The maximum absolute atomic E-state index is 13.9. The summed E-state index contributed by atoms with van der Waals surface area (Å²) >= 11 is 3.45. The number of ether oxygens (including phenoxy) is 1. The number of hydrogen-bond acceptors (Lipinski definition) is 3. The average molecular weight is 549 g/mol. The Balaban J connectivity index is 1.57. The van der Waals surface area contributed by atoms with Crippen LogP contribution in [-0.2, 0) is 0 Å². The van der Waals surface area contributed by atoms with Crippen LogP contribution in [0.4, 0.5) is 8.78 Å². The minimum atomic E-state index is -0.484. The van der Waals surface area contributed by atoms with Gasteiger partial charge in [0.25, 0.3) is 0 Å². The molecule has 0 aliphatic heterocycles. The van der Waals surface area contributed by atoms with Crippen molar-refractivity contribution < 1.29 is 18.3 Å². The fourth-order valence-electron chi connectivity index (χ4n) is 3.39. The largest absolute Gasteiger partial charge is 0.422 e. The summed E-state index contributed by atoms with van der Waals surface area (Å²) in [6, 6.07) is 18.5. The maximum Gasteiger partial charge on any atom is 0.354 e. The Bertz CT molecular complexity index is 1360. The Morgan fingerprint density at radius 3 is 2.00 bits per heavy atom. The van der Waals surface area contributed by atoms with Crippen LogP contribution in [0.5, 0.6) is 5.75 Å². The summed E-state index contributed by atoms with van der Waals surface area (Å²) < 4.78 is 36.0. The third kappa shape index (κ3) is 3.40. The minimum absolute atomic E-state index is 0.347. The molecule has 0 atom stereocenters. The molecule has 0 aliphatic carbocycles. The topological polar surface area (TPSA) is 26.3 Å². The molecule has 5 rings (SSSR count). The van der Waals surface area contributed by atoms with E-state index in [1.807, 2.05) is 23.6 Å². The van der Waals surface area contributed by atoms with E-state index in [1.165, 1.54) is 35.6 Å². The van der Waals surface area contributed by atoms with Gasteiger partial charge in [0.2, 0.25) is 0 Å². The monoisotopic (exact) mass is 549 g/mol. The molecule has 7 heteroatoms. The van der Waals surface area contributed by atoms with Crippen molar-refractivity contribution in [3.8, 4) is 10.6 Å². The van der Waals surface area contributed by atoms with E-state index in [9.17, 15) is 13.6 Å². The molecule has 0 saturated carbocycles. The first-order chi connectivity index (χ1) is 14.5. The lowest BCUT2D eigenvalue weighted by Crippen LogP contribution is -2.07. The molecular formula is C23H12F2IO2S2+. The summed E-state index contributed by atoms with van der Waals surface area (Å²) in [6.07, 6.45) is 0. The standard InChI is InChI=1S/C23H12F2IO2S2/c24-13-1-7-20-17(11-13)18-12-14(25)2-8-21(18)30(20)16-5-3-15(4-6-16)28-23(27)22-19(26)9-10-29-22/h1-12H/q+1. The first-order valence-electron chi connectivity index (χ1n) is 8.90. The number of hydrogen-bond donors (Lipinski definition) is 0. The van der Waals surface area contributed by atoms with Crippen molar-refractivity contribution in [1.82, 2.24) is 0 Å². The highest BCUT2D eigenvalue weighted by Crippen LogP contribution is 2.48. The van der Waals surface area contributed by atoms with E-state index < -0.39 is 10.5 Å². The summed E-state index contributed by atoms with van der Waals surface area (Å²) in [4.78, 5) is 13.9. The van der Waals surface area contributed by atoms with Gasteiger partial charge in [0.15, 0.2) is 14.3 Å². The predicted octanol–water partition coefficient (Wildman–Crippen LogP) is 7.89. The van der Waals surface area contributed by atoms with Crippen LogP contribution in [0.3, 0.4) is 0 Å². The van der Waals surface area contributed by atoms with E-state index in [0.29, 0.717) is 10.6 Å². The molecule has 30 heavy (non-hydrogen) atoms. The van der Waals surface area contributed by atoms with Crippen LogP contribution < -0.4 is 4.74 Å². The van der Waals surface area contributed by atoms with Gasteiger partial charge in [-0.1, -0.05) is 0 Å². The molecule has 0 unspecified atom stereocenters. The number of halogens is 3. The predicted molar refractivity (Wildman–Crippen MR) is 127 cm³/mol. The third-order valence-electron chi connectivity index (χ3n) is 4.69. The molecule has 0 spiro atoms. The van der Waals surface area contributed by atoms with Gasteiger partial charge in [0, 0.05) is 38.3 Å². The van der Waals surface area contributed by atoms with E-state index in [4.69, 9.17) is 4.74 Å². The highest BCUT2D eigenvalue weighted by Gasteiger charge is 2.25. The zero-order chi connectivity index (χ0) is 20.8. The van der Waals surface area contributed by atoms with Crippen LogP contribution in [0.2, 0.25) is 0 Å². The number of carbonyl (C=O) groups is 1. The molecular weight excluding hydrogens is 537 g/mol. The van der Waals surface area contributed by atoms with Crippen LogP contribution in [-0.4, -0.2) is 5.97 Å². The SMILES string of the molecule is O=C(Oc1ccc(-[s+]2c3ccc(F)cc3c3cc(F)ccc32)cc1)c1sccc1I. The van der Waals surface area contributed by atoms with Crippen molar-refractivity contribution in [2.45, 2.75) is 0 Å². The number of fused-ring (bicyclic) bond motifs is 3. The summed E-state index contributed by atoms with van der Waals surface area (Å²) in [7, 11) is -0.484. The van der Waals surface area contributed by atoms with Gasteiger partial charge >= 0.3 is 5.97 Å². The molecule has 148 valence electrons. The lowest BCUT2D eigenvalue weighted by molar-refractivity contribution is 0.0739. The van der Waals surface area contributed by atoms with E-state index in [2.05, 4.69) is 22.6 Å². The van der Waals surface area contributed by atoms with Gasteiger partial charge in [-0.15, -0.1) is 11.3 Å². The summed E-state index contributed by atoms with van der Waals surface area (Å²) in [5, 5.41) is 3.29.